The number of carbonyl (C=O) groups is 4. The van der Waals surface area contributed by atoms with Crippen molar-refractivity contribution in [2.75, 3.05) is 24.8 Å². The van der Waals surface area contributed by atoms with E-state index >= 15 is 0 Å². The number of aliphatic imine (C=N–C) groups is 3. The standard InChI is InChI=1S/C38H33N5O12/c39-38-41-35-27(36(51)42-38)40-16-43(35)24-8-4-3-5-19(24)18-10-12-52-15-25-30(48)31(49)32(50)37(54-25)55-33-22(18)13-23-26(34(33)53-14-17(45)9-11-44)29(47)21-7-2-1-6-20(21)28(23)46/h1-8,10-13,17-18,25,30-32,37,45,48-50H,9,14-16H2,(H2,39,42,51). The number of nitrogens with two attached hydrogens (primary N) is 1. The number of anilines is 1. The number of amidine groups is 1. The van der Waals surface area contributed by atoms with Gasteiger partial charge in [-0.2, -0.15) is 9.98 Å². The Morgan fingerprint density at radius 1 is 0.945 bits per heavy atom. The number of hydrogen-bond acceptors (Lipinski definition) is 16. The van der Waals surface area contributed by atoms with E-state index < -0.39 is 66.8 Å². The van der Waals surface area contributed by atoms with Gasteiger partial charge in [0.15, 0.2) is 34.6 Å². The smallest absolute Gasteiger partial charge is 0.302 e. The van der Waals surface area contributed by atoms with Crippen LogP contribution in [0.15, 0.2) is 81.9 Å². The number of carbonyl (C=O) groups excluding carboxylic acids is 4. The van der Waals surface area contributed by atoms with Gasteiger partial charge in [-0.25, -0.2) is 0 Å². The number of aliphatic hydroxyl groups excluding tert-OH is 4. The fourth-order valence-corrected chi connectivity index (χ4v) is 7.16. The molecule has 17 heteroatoms. The molecule has 0 radical (unpaired) electrons. The van der Waals surface area contributed by atoms with Gasteiger partial charge in [0.1, 0.15) is 50.6 Å². The Morgan fingerprint density at radius 3 is 2.47 bits per heavy atom. The zero-order valence-corrected chi connectivity index (χ0v) is 28.7. The predicted octanol–water partition coefficient (Wildman–Crippen LogP) is 0.125. The van der Waals surface area contributed by atoms with E-state index in [2.05, 4.69) is 15.0 Å². The van der Waals surface area contributed by atoms with E-state index in [0.717, 1.165) is 0 Å². The van der Waals surface area contributed by atoms with E-state index in [1.807, 2.05) is 0 Å². The molecule has 1 fully saturated rings. The number of guanidine groups is 1. The predicted molar refractivity (Wildman–Crippen MR) is 191 cm³/mol. The van der Waals surface area contributed by atoms with Gasteiger partial charge in [0.05, 0.1) is 17.9 Å². The van der Waals surface area contributed by atoms with Gasteiger partial charge >= 0.3 is 5.91 Å². The van der Waals surface area contributed by atoms with Crippen molar-refractivity contribution in [3.8, 4) is 11.5 Å². The van der Waals surface area contributed by atoms with Crippen molar-refractivity contribution in [2.45, 2.75) is 49.1 Å². The summed E-state index contributed by atoms with van der Waals surface area (Å²) >= 11 is 0. The van der Waals surface area contributed by atoms with Gasteiger partial charge in [-0.3, -0.25) is 19.4 Å². The number of hydrogen-bond donors (Lipinski definition) is 5. The second kappa shape index (κ2) is 14.3. The largest absolute Gasteiger partial charge is 0.499 e. The van der Waals surface area contributed by atoms with Crippen molar-refractivity contribution in [3.63, 3.8) is 0 Å². The highest BCUT2D eigenvalue weighted by Gasteiger charge is 2.47. The third-order valence-electron chi connectivity index (χ3n) is 9.85. The van der Waals surface area contributed by atoms with Gasteiger partial charge in [-0.05, 0) is 23.8 Å². The molecule has 1 saturated heterocycles. The average Bonchev–Trinajstić information content (AvgIpc) is 3.60. The molecule has 0 saturated carbocycles. The van der Waals surface area contributed by atoms with E-state index in [9.17, 15) is 39.6 Å². The van der Waals surface area contributed by atoms with Crippen molar-refractivity contribution in [2.24, 2.45) is 20.7 Å². The molecule has 1 aliphatic carbocycles. The lowest BCUT2D eigenvalue weighted by atomic mass is 9.79. The van der Waals surface area contributed by atoms with Crippen molar-refractivity contribution >= 4 is 47.0 Å². The minimum atomic E-state index is -1.84. The number of benzene rings is 3. The lowest BCUT2D eigenvalue weighted by molar-refractivity contribution is -0.277. The summed E-state index contributed by atoms with van der Waals surface area (Å²) in [6, 6.07) is 14.7. The van der Waals surface area contributed by atoms with Crippen LogP contribution in [0.25, 0.3) is 0 Å². The molecule has 0 aromatic heterocycles. The molecule has 6 N–H and O–H groups in total. The Balaban J connectivity index is 1.38. The number of ether oxygens (including phenoxy) is 4. The number of fused-ring (bicyclic) bond motifs is 6. The SMILES string of the molecule is NC1=NC(=O)C2=NCN(c3ccccc3C3C=COCC4OC(Oc5c3cc3c(c5OCC(O)CC=O)C(=O)c5ccccc5C3=O)C(O)C(O)C4O)C2=N1. The summed E-state index contributed by atoms with van der Waals surface area (Å²) in [6.07, 6.45) is -6.32. The van der Waals surface area contributed by atoms with Crippen LogP contribution in [0.5, 0.6) is 11.5 Å². The minimum absolute atomic E-state index is 0.00555. The van der Waals surface area contributed by atoms with E-state index in [4.69, 9.17) is 24.7 Å². The molecule has 0 spiro atoms. The molecule has 17 nitrogen and oxygen atoms in total. The zero-order chi connectivity index (χ0) is 38.5. The summed E-state index contributed by atoms with van der Waals surface area (Å²) in [5, 5.41) is 43.4. The minimum Gasteiger partial charge on any atom is -0.499 e. The maximum atomic E-state index is 14.3. The number of amides is 1. The Kier molecular flexibility index (Phi) is 9.32. The molecular weight excluding hydrogens is 718 g/mol. The summed E-state index contributed by atoms with van der Waals surface area (Å²) in [6.45, 7) is -0.861. The number of para-hydroxylation sites is 1. The third-order valence-corrected chi connectivity index (χ3v) is 9.85. The van der Waals surface area contributed by atoms with Crippen molar-refractivity contribution in [1.29, 1.82) is 0 Å². The summed E-state index contributed by atoms with van der Waals surface area (Å²) in [5.74, 6) is -3.40. The number of allylic oxidation sites excluding steroid dienone is 1. The number of aldehydes is 1. The molecule has 55 heavy (non-hydrogen) atoms. The number of nitrogens with zero attached hydrogens (tertiary/aromatic N) is 4. The molecule has 4 heterocycles. The average molecular weight is 752 g/mol. The summed E-state index contributed by atoms with van der Waals surface area (Å²) in [5.41, 5.74) is 6.95. The summed E-state index contributed by atoms with van der Waals surface area (Å²) in [4.78, 5) is 66.6. The van der Waals surface area contributed by atoms with Crippen LogP contribution in [-0.4, -0.2) is 118 Å². The highest BCUT2D eigenvalue weighted by Crippen LogP contribution is 2.49. The van der Waals surface area contributed by atoms with Crippen LogP contribution >= 0.6 is 0 Å². The molecule has 3 aromatic carbocycles. The van der Waals surface area contributed by atoms with Crippen LogP contribution < -0.4 is 20.1 Å². The van der Waals surface area contributed by atoms with Crippen LogP contribution in [0, 0.1) is 0 Å². The highest BCUT2D eigenvalue weighted by atomic mass is 16.7. The zero-order valence-electron chi connectivity index (χ0n) is 28.7. The molecule has 5 aliphatic rings. The molecule has 2 bridgehead atoms. The van der Waals surface area contributed by atoms with Gasteiger partial charge in [-0.1, -0.05) is 42.5 Å². The highest BCUT2D eigenvalue weighted by molar-refractivity contribution is 6.72. The van der Waals surface area contributed by atoms with E-state index in [1.54, 1.807) is 47.4 Å². The first-order chi connectivity index (χ1) is 26.6. The Hall–Kier alpha value is -6.11. The molecule has 4 aliphatic heterocycles. The fraction of sp³-hybridized carbons (Fsp3) is 0.289. The maximum Gasteiger partial charge on any atom is 0.302 e. The quantitative estimate of drug-likeness (QED) is 0.158. The number of aliphatic hydroxyl groups is 4. The number of rotatable bonds is 7. The Morgan fingerprint density at radius 2 is 1.69 bits per heavy atom. The maximum absolute atomic E-state index is 14.3. The lowest BCUT2D eigenvalue weighted by Crippen LogP contribution is -2.60. The normalized spacial score (nSPS) is 26.1. The van der Waals surface area contributed by atoms with Gasteiger partial charge in [-0.15, -0.1) is 0 Å². The molecule has 7 atom stereocenters. The number of ketones is 2. The molecule has 1 amide bonds. The van der Waals surface area contributed by atoms with E-state index in [-0.39, 0.29) is 76.5 Å². The van der Waals surface area contributed by atoms with Crippen molar-refractivity contribution < 1.29 is 58.6 Å². The van der Waals surface area contributed by atoms with Gasteiger partial charge in [0.25, 0.3) is 0 Å². The van der Waals surface area contributed by atoms with Gasteiger partial charge in [0.2, 0.25) is 12.2 Å². The van der Waals surface area contributed by atoms with Crippen LogP contribution in [-0.2, 0) is 19.1 Å². The topological polar surface area (TPSA) is 252 Å². The second-order valence-corrected chi connectivity index (χ2v) is 13.2. The summed E-state index contributed by atoms with van der Waals surface area (Å²) in [7, 11) is 0. The monoisotopic (exact) mass is 751 g/mol. The Bertz CT molecular complexity index is 2250. The molecule has 8 rings (SSSR count). The van der Waals surface area contributed by atoms with Crippen LogP contribution in [0.3, 0.4) is 0 Å². The van der Waals surface area contributed by atoms with Crippen molar-refractivity contribution in [1.82, 2.24) is 0 Å². The van der Waals surface area contributed by atoms with Crippen LogP contribution in [0.1, 0.15) is 55.3 Å². The summed E-state index contributed by atoms with van der Waals surface area (Å²) < 4.78 is 24.3. The van der Waals surface area contributed by atoms with Gasteiger partial charge < -0.3 is 54.8 Å². The van der Waals surface area contributed by atoms with E-state index in [0.29, 0.717) is 17.5 Å². The first-order valence-corrected chi connectivity index (χ1v) is 17.2. The molecule has 7 unspecified atom stereocenters. The first kappa shape index (κ1) is 35.9. The Labute approximate surface area is 311 Å². The first-order valence-electron chi connectivity index (χ1n) is 17.2. The lowest BCUT2D eigenvalue weighted by Gasteiger charge is -2.40. The third kappa shape index (κ3) is 6.17. The van der Waals surface area contributed by atoms with Crippen molar-refractivity contribution in [3.05, 3.63) is 100 Å². The molecule has 3 aromatic rings. The van der Waals surface area contributed by atoms with Crippen LogP contribution in [0.2, 0.25) is 0 Å². The van der Waals surface area contributed by atoms with Gasteiger partial charge in [0, 0.05) is 40.3 Å². The molecule has 282 valence electrons. The fourth-order valence-electron chi connectivity index (χ4n) is 7.16. The van der Waals surface area contributed by atoms with E-state index in [1.165, 1.54) is 24.5 Å². The van der Waals surface area contributed by atoms with Crippen LogP contribution in [0.4, 0.5) is 5.69 Å². The molecular formula is C38H33N5O12. The second-order valence-electron chi connectivity index (χ2n) is 13.2.